The Morgan fingerprint density at radius 1 is 1.21 bits per heavy atom. The van der Waals surface area contributed by atoms with Crippen LogP contribution in [0.2, 0.25) is 0 Å². The van der Waals surface area contributed by atoms with E-state index >= 15 is 0 Å². The van der Waals surface area contributed by atoms with Crippen molar-refractivity contribution in [2.45, 2.75) is 32.2 Å². The minimum atomic E-state index is 0.199. The predicted octanol–water partition coefficient (Wildman–Crippen LogP) is 2.97. The average molecular weight is 212 g/mol. The molecule has 0 amide bonds. The molecule has 78 valence electrons. The zero-order valence-electron chi connectivity index (χ0n) is 8.89. The normalized spacial score (nSPS) is 12.8. The average Bonchev–Trinajstić information content (AvgIpc) is 2.18. The number of rotatable bonds is 5. The van der Waals surface area contributed by atoms with Crippen molar-refractivity contribution in [1.29, 1.82) is 0 Å². The molecule has 0 saturated heterocycles. The van der Waals surface area contributed by atoms with E-state index in [1.54, 1.807) is 0 Å². The van der Waals surface area contributed by atoms with Crippen molar-refractivity contribution in [3.63, 3.8) is 0 Å². The van der Waals surface area contributed by atoms with Crippen molar-refractivity contribution in [3.05, 3.63) is 35.4 Å². The number of halogens is 1. The molecule has 1 aromatic carbocycles. The molecule has 0 spiro atoms. The van der Waals surface area contributed by atoms with Crippen LogP contribution in [0.5, 0.6) is 0 Å². The summed E-state index contributed by atoms with van der Waals surface area (Å²) in [7, 11) is 0. The molecule has 1 atom stereocenters. The second-order valence-corrected chi connectivity index (χ2v) is 4.33. The highest BCUT2D eigenvalue weighted by Gasteiger charge is 1.96. The van der Waals surface area contributed by atoms with Gasteiger partial charge >= 0.3 is 0 Å². The van der Waals surface area contributed by atoms with E-state index in [9.17, 15) is 0 Å². The zero-order chi connectivity index (χ0) is 10.4. The van der Waals surface area contributed by atoms with Gasteiger partial charge in [-0.2, -0.15) is 0 Å². The number of benzene rings is 1. The lowest BCUT2D eigenvalue weighted by Gasteiger charge is -2.06. The summed E-state index contributed by atoms with van der Waals surface area (Å²) in [6, 6.07) is 8.71. The van der Waals surface area contributed by atoms with Gasteiger partial charge in [-0.25, -0.2) is 0 Å². The fraction of sp³-hybridized carbons (Fsp3) is 0.500. The Morgan fingerprint density at radius 2 is 1.79 bits per heavy atom. The summed E-state index contributed by atoms with van der Waals surface area (Å²) in [5.74, 6) is 0. The van der Waals surface area contributed by atoms with Gasteiger partial charge in [0.15, 0.2) is 0 Å². The van der Waals surface area contributed by atoms with Gasteiger partial charge in [0, 0.05) is 18.5 Å². The summed E-state index contributed by atoms with van der Waals surface area (Å²) >= 11 is 5.83. The zero-order valence-corrected chi connectivity index (χ0v) is 9.64. The predicted molar refractivity (Wildman–Crippen MR) is 62.8 cm³/mol. The topological polar surface area (TPSA) is 12.0 Å². The van der Waals surface area contributed by atoms with E-state index in [-0.39, 0.29) is 5.38 Å². The van der Waals surface area contributed by atoms with Gasteiger partial charge in [0.05, 0.1) is 0 Å². The summed E-state index contributed by atoms with van der Waals surface area (Å²) < 4.78 is 0. The molecular formula is C12H18ClN. The van der Waals surface area contributed by atoms with Crippen molar-refractivity contribution in [3.8, 4) is 0 Å². The number of nitrogens with one attached hydrogen (secondary N) is 1. The van der Waals surface area contributed by atoms with Crippen LogP contribution in [0.3, 0.4) is 0 Å². The highest BCUT2D eigenvalue weighted by atomic mass is 35.5. The van der Waals surface area contributed by atoms with E-state index < -0.39 is 0 Å². The molecule has 0 radical (unpaired) electrons. The van der Waals surface area contributed by atoms with Gasteiger partial charge in [0.2, 0.25) is 0 Å². The first-order valence-electron chi connectivity index (χ1n) is 5.15. The van der Waals surface area contributed by atoms with Crippen LogP contribution >= 0.6 is 11.6 Å². The van der Waals surface area contributed by atoms with Crippen LogP contribution in [0.15, 0.2) is 24.3 Å². The molecule has 0 fully saturated rings. The largest absolute Gasteiger partial charge is 0.311 e. The molecule has 0 saturated carbocycles. The first kappa shape index (κ1) is 11.5. The highest BCUT2D eigenvalue weighted by molar-refractivity contribution is 6.20. The molecule has 0 aliphatic carbocycles. The van der Waals surface area contributed by atoms with Gasteiger partial charge in [-0.15, -0.1) is 11.6 Å². The molecular weight excluding hydrogens is 194 g/mol. The third-order valence-electron chi connectivity index (χ3n) is 2.19. The smallest absolute Gasteiger partial charge is 0.0432 e. The first-order chi connectivity index (χ1) is 6.72. The Labute approximate surface area is 91.5 Å². The molecule has 1 nitrogen and oxygen atoms in total. The third-order valence-corrected chi connectivity index (χ3v) is 2.34. The van der Waals surface area contributed by atoms with E-state index in [1.165, 1.54) is 11.1 Å². The fourth-order valence-corrected chi connectivity index (χ4v) is 1.42. The van der Waals surface area contributed by atoms with Crippen LogP contribution in [0.1, 0.15) is 25.0 Å². The van der Waals surface area contributed by atoms with Gasteiger partial charge in [-0.1, -0.05) is 31.2 Å². The van der Waals surface area contributed by atoms with Crippen molar-refractivity contribution < 1.29 is 0 Å². The van der Waals surface area contributed by atoms with Gasteiger partial charge in [-0.05, 0) is 24.5 Å². The van der Waals surface area contributed by atoms with Crippen molar-refractivity contribution in [2.75, 3.05) is 6.54 Å². The summed E-state index contributed by atoms with van der Waals surface area (Å²) in [4.78, 5) is 0. The minimum Gasteiger partial charge on any atom is -0.311 e. The number of alkyl halides is 1. The maximum atomic E-state index is 5.83. The molecule has 0 aliphatic heterocycles. The van der Waals surface area contributed by atoms with E-state index in [0.29, 0.717) is 0 Å². The van der Waals surface area contributed by atoms with Crippen molar-refractivity contribution in [1.82, 2.24) is 5.32 Å². The lowest BCUT2D eigenvalue weighted by molar-refractivity contribution is 0.680. The van der Waals surface area contributed by atoms with Gasteiger partial charge in [-0.3, -0.25) is 0 Å². The van der Waals surface area contributed by atoms with Crippen LogP contribution in [-0.2, 0) is 13.0 Å². The molecule has 0 aliphatic rings. The standard InChI is InChI=1S/C12H18ClN/c1-3-11-4-6-12(7-5-11)9-14-8-10(2)13/h4-7,10,14H,3,8-9H2,1-2H3. The molecule has 0 bridgehead atoms. The Morgan fingerprint density at radius 3 is 2.29 bits per heavy atom. The SMILES string of the molecule is CCc1ccc(CNCC(C)Cl)cc1. The van der Waals surface area contributed by atoms with Crippen LogP contribution in [0.25, 0.3) is 0 Å². The number of hydrogen-bond donors (Lipinski definition) is 1. The van der Waals surface area contributed by atoms with Gasteiger partial charge < -0.3 is 5.32 Å². The minimum absolute atomic E-state index is 0.199. The second-order valence-electron chi connectivity index (χ2n) is 3.58. The molecule has 1 unspecified atom stereocenters. The Kier molecular flexibility index (Phi) is 4.99. The van der Waals surface area contributed by atoms with E-state index in [1.807, 2.05) is 6.92 Å². The number of hydrogen-bond acceptors (Lipinski definition) is 1. The molecule has 2 heteroatoms. The van der Waals surface area contributed by atoms with Crippen LogP contribution in [-0.4, -0.2) is 11.9 Å². The van der Waals surface area contributed by atoms with Crippen LogP contribution in [0, 0.1) is 0 Å². The highest BCUT2D eigenvalue weighted by Crippen LogP contribution is 2.04. The van der Waals surface area contributed by atoms with Crippen molar-refractivity contribution >= 4 is 11.6 Å². The third kappa shape index (κ3) is 4.12. The maximum Gasteiger partial charge on any atom is 0.0432 e. The quantitative estimate of drug-likeness (QED) is 0.739. The Balaban J connectivity index is 2.36. The van der Waals surface area contributed by atoms with Crippen LogP contribution in [0.4, 0.5) is 0 Å². The van der Waals surface area contributed by atoms with E-state index in [0.717, 1.165) is 19.5 Å². The maximum absolute atomic E-state index is 5.83. The number of aryl methyl sites for hydroxylation is 1. The van der Waals surface area contributed by atoms with Gasteiger partial charge in [0.1, 0.15) is 0 Å². The Bertz CT molecular complexity index is 254. The van der Waals surface area contributed by atoms with E-state index in [4.69, 9.17) is 11.6 Å². The Hall–Kier alpha value is -0.530. The van der Waals surface area contributed by atoms with Gasteiger partial charge in [0.25, 0.3) is 0 Å². The molecule has 1 aromatic rings. The lowest BCUT2D eigenvalue weighted by Crippen LogP contribution is -2.20. The second kappa shape index (κ2) is 6.05. The summed E-state index contributed by atoms with van der Waals surface area (Å²) in [6.07, 6.45) is 1.10. The molecule has 14 heavy (non-hydrogen) atoms. The summed E-state index contributed by atoms with van der Waals surface area (Å²) in [5.41, 5.74) is 2.71. The fourth-order valence-electron chi connectivity index (χ4n) is 1.31. The molecule has 0 aromatic heterocycles. The first-order valence-corrected chi connectivity index (χ1v) is 5.58. The monoisotopic (exact) mass is 211 g/mol. The molecule has 1 N–H and O–H groups in total. The van der Waals surface area contributed by atoms with Crippen molar-refractivity contribution in [2.24, 2.45) is 0 Å². The van der Waals surface area contributed by atoms with E-state index in [2.05, 4.69) is 36.5 Å². The molecule has 0 heterocycles. The summed E-state index contributed by atoms with van der Waals surface area (Å²) in [6.45, 7) is 5.93. The summed E-state index contributed by atoms with van der Waals surface area (Å²) in [5, 5.41) is 3.51. The molecule has 1 rings (SSSR count). The van der Waals surface area contributed by atoms with Crippen LogP contribution < -0.4 is 5.32 Å². The lowest BCUT2D eigenvalue weighted by atomic mass is 10.1.